The molecule has 0 saturated heterocycles. The molecule has 2 heterocycles. The second-order valence-corrected chi connectivity index (χ2v) is 7.44. The quantitative estimate of drug-likeness (QED) is 0.651. The molecule has 6 heteroatoms. The Morgan fingerprint density at radius 3 is 2.53 bits per heavy atom. The van der Waals surface area contributed by atoms with Crippen LogP contribution in [0.4, 0.5) is 5.69 Å². The van der Waals surface area contributed by atoms with E-state index >= 15 is 0 Å². The van der Waals surface area contributed by atoms with E-state index in [1.54, 1.807) is 24.1 Å². The fourth-order valence-electron chi connectivity index (χ4n) is 3.57. The predicted molar refractivity (Wildman–Crippen MR) is 120 cm³/mol. The molecule has 0 fully saturated rings. The number of rotatable bonds is 2. The topological polar surface area (TPSA) is 62.3 Å². The van der Waals surface area contributed by atoms with Crippen molar-refractivity contribution in [2.45, 2.75) is 13.5 Å². The molecule has 5 nitrogen and oxygen atoms in total. The minimum atomic E-state index is -0.173. The molecular weight excluding hydrogens is 398 g/mol. The number of benzene rings is 2. The lowest BCUT2D eigenvalue weighted by atomic mass is 10.0. The van der Waals surface area contributed by atoms with Crippen molar-refractivity contribution >= 4 is 41.3 Å². The van der Waals surface area contributed by atoms with Crippen molar-refractivity contribution in [1.82, 2.24) is 10.3 Å². The van der Waals surface area contributed by atoms with Gasteiger partial charge in [-0.15, -0.1) is 0 Å². The van der Waals surface area contributed by atoms with Crippen molar-refractivity contribution in [1.29, 1.82) is 0 Å². The van der Waals surface area contributed by atoms with Gasteiger partial charge >= 0.3 is 0 Å². The van der Waals surface area contributed by atoms with E-state index in [4.69, 9.17) is 16.6 Å². The molecule has 3 aromatic rings. The molecule has 0 aliphatic carbocycles. The first-order valence-corrected chi connectivity index (χ1v) is 9.93. The van der Waals surface area contributed by atoms with Gasteiger partial charge in [0.15, 0.2) is 0 Å². The highest BCUT2D eigenvalue weighted by Crippen LogP contribution is 2.32. The lowest BCUT2D eigenvalue weighted by Crippen LogP contribution is -2.30. The maximum Gasteiger partial charge on any atom is 0.251 e. The smallest absolute Gasteiger partial charge is 0.251 e. The molecule has 1 aliphatic heterocycles. The van der Waals surface area contributed by atoms with E-state index in [1.807, 2.05) is 54.6 Å². The summed E-state index contributed by atoms with van der Waals surface area (Å²) in [5.74, 6) is -0.272. The first-order valence-electron chi connectivity index (χ1n) is 9.55. The second-order valence-electron chi connectivity index (χ2n) is 7.00. The van der Waals surface area contributed by atoms with Crippen molar-refractivity contribution in [3.63, 3.8) is 0 Å². The minimum absolute atomic E-state index is 0.0993. The summed E-state index contributed by atoms with van der Waals surface area (Å²) in [6.07, 6.45) is 3.94. The molecule has 0 bridgehead atoms. The molecule has 2 aromatic carbocycles. The largest absolute Gasteiger partial charge is 0.355 e. The Labute approximate surface area is 180 Å². The number of halogens is 1. The Hall–Kier alpha value is -3.44. The first-order chi connectivity index (χ1) is 14.5. The van der Waals surface area contributed by atoms with Gasteiger partial charge in [-0.25, -0.2) is 0 Å². The van der Waals surface area contributed by atoms with Crippen LogP contribution in [-0.2, 0) is 11.3 Å². The second kappa shape index (κ2) is 8.13. The predicted octanol–water partition coefficient (Wildman–Crippen LogP) is 4.80. The summed E-state index contributed by atoms with van der Waals surface area (Å²) in [6.45, 7) is 1.83. The van der Waals surface area contributed by atoms with Crippen LogP contribution < -0.4 is 10.2 Å². The molecule has 0 spiro atoms. The van der Waals surface area contributed by atoms with Crippen LogP contribution in [0.3, 0.4) is 0 Å². The Morgan fingerprint density at radius 1 is 1.03 bits per heavy atom. The lowest BCUT2D eigenvalue weighted by molar-refractivity contribution is -0.116. The van der Waals surface area contributed by atoms with E-state index in [9.17, 15) is 9.59 Å². The third-order valence-electron chi connectivity index (χ3n) is 5.10. The number of aromatic nitrogens is 1. The van der Waals surface area contributed by atoms with E-state index in [0.717, 1.165) is 28.1 Å². The van der Waals surface area contributed by atoms with Crippen LogP contribution in [0, 0.1) is 0 Å². The monoisotopic (exact) mass is 417 g/mol. The summed E-state index contributed by atoms with van der Waals surface area (Å²) < 4.78 is 0. The number of fused-ring (bicyclic) bond motifs is 2. The van der Waals surface area contributed by atoms with Crippen LogP contribution >= 0.6 is 11.6 Å². The number of hydrogen-bond acceptors (Lipinski definition) is 3. The highest BCUT2D eigenvalue weighted by Gasteiger charge is 2.21. The van der Waals surface area contributed by atoms with Crippen LogP contribution in [0.1, 0.15) is 34.1 Å². The van der Waals surface area contributed by atoms with Crippen molar-refractivity contribution in [2.24, 2.45) is 0 Å². The number of amides is 2. The van der Waals surface area contributed by atoms with Gasteiger partial charge < -0.3 is 10.2 Å². The zero-order chi connectivity index (χ0) is 21.3. The van der Waals surface area contributed by atoms with Crippen LogP contribution in [0.2, 0.25) is 5.02 Å². The Balaban J connectivity index is 1.84. The normalized spacial score (nSPS) is 12.4. The molecule has 30 heavy (non-hydrogen) atoms. The van der Waals surface area contributed by atoms with Crippen molar-refractivity contribution in [2.75, 3.05) is 11.9 Å². The Morgan fingerprint density at radius 2 is 1.77 bits per heavy atom. The van der Waals surface area contributed by atoms with Gasteiger partial charge in [0.05, 0.1) is 23.6 Å². The van der Waals surface area contributed by atoms with Crippen molar-refractivity contribution in [3.05, 3.63) is 82.0 Å². The summed E-state index contributed by atoms with van der Waals surface area (Å²) in [4.78, 5) is 31.3. The maximum absolute atomic E-state index is 12.5. The lowest BCUT2D eigenvalue weighted by Gasteiger charge is -2.26. The van der Waals surface area contributed by atoms with Crippen molar-refractivity contribution < 1.29 is 9.59 Å². The summed E-state index contributed by atoms with van der Waals surface area (Å²) in [6, 6.07) is 16.7. The van der Waals surface area contributed by atoms with Gasteiger partial charge in [0.2, 0.25) is 5.91 Å². The summed E-state index contributed by atoms with van der Waals surface area (Å²) in [5, 5.41) is 3.23. The van der Waals surface area contributed by atoms with Crippen molar-refractivity contribution in [3.8, 4) is 11.3 Å². The highest BCUT2D eigenvalue weighted by atomic mass is 35.5. The van der Waals surface area contributed by atoms with E-state index in [1.165, 1.54) is 6.92 Å². The van der Waals surface area contributed by atoms with Gasteiger partial charge in [-0.2, -0.15) is 0 Å². The zero-order valence-corrected chi connectivity index (χ0v) is 17.4. The third-order valence-corrected chi connectivity index (χ3v) is 5.33. The standard InChI is InChI=1S/C24H20ClN3O2/c1-15(29)28-14-22-16(7-8-17-9-11-18(25)13-23(17)28)10-12-21(27-22)19-5-3-4-6-20(19)24(30)26-2/h3-13H,14H2,1-2H3,(H,26,30). The average molecular weight is 418 g/mol. The zero-order valence-electron chi connectivity index (χ0n) is 16.6. The number of anilines is 1. The SMILES string of the molecule is CNC(=O)c1ccccc1-c1ccc2c(n1)CN(C(C)=O)c1cc(Cl)ccc1C=C2. The molecule has 150 valence electrons. The fourth-order valence-corrected chi connectivity index (χ4v) is 3.73. The molecule has 2 amide bonds. The first kappa shape index (κ1) is 19.9. The molecule has 0 saturated carbocycles. The number of carbonyl (C=O) groups excluding carboxylic acids is 2. The van der Waals surface area contributed by atoms with E-state index < -0.39 is 0 Å². The van der Waals surface area contributed by atoms with Crippen LogP contribution in [0.15, 0.2) is 54.6 Å². The summed E-state index contributed by atoms with van der Waals surface area (Å²) in [5.41, 5.74) is 5.29. The van der Waals surface area contributed by atoms with Crippen LogP contribution in [-0.4, -0.2) is 23.8 Å². The third kappa shape index (κ3) is 3.72. The maximum atomic E-state index is 12.5. The number of nitrogens with zero attached hydrogens (tertiary/aromatic N) is 2. The average Bonchev–Trinajstić information content (AvgIpc) is 2.74. The molecule has 1 aromatic heterocycles. The number of hydrogen-bond donors (Lipinski definition) is 1. The van der Waals surface area contributed by atoms with Gasteiger partial charge in [-0.3, -0.25) is 14.6 Å². The van der Waals surface area contributed by atoms with Gasteiger partial charge in [0, 0.05) is 30.1 Å². The molecule has 1 aliphatic rings. The minimum Gasteiger partial charge on any atom is -0.355 e. The Kier molecular flexibility index (Phi) is 5.38. The summed E-state index contributed by atoms with van der Waals surface area (Å²) in [7, 11) is 1.60. The number of pyridine rings is 1. The van der Waals surface area contributed by atoms with E-state index in [0.29, 0.717) is 22.8 Å². The molecule has 0 atom stereocenters. The fraction of sp³-hybridized carbons (Fsp3) is 0.125. The number of carbonyl (C=O) groups is 2. The Bertz CT molecular complexity index is 1190. The van der Waals surface area contributed by atoms with Gasteiger partial charge in [-0.05, 0) is 35.4 Å². The number of nitrogens with one attached hydrogen (secondary N) is 1. The van der Waals surface area contributed by atoms with Gasteiger partial charge in [0.1, 0.15) is 0 Å². The molecule has 1 N–H and O–H groups in total. The van der Waals surface area contributed by atoms with Crippen LogP contribution in [0.25, 0.3) is 23.4 Å². The van der Waals surface area contributed by atoms with Crippen LogP contribution in [0.5, 0.6) is 0 Å². The molecular formula is C24H20ClN3O2. The van der Waals surface area contributed by atoms with Gasteiger partial charge in [0.25, 0.3) is 5.91 Å². The van der Waals surface area contributed by atoms with E-state index in [2.05, 4.69) is 5.32 Å². The molecule has 0 radical (unpaired) electrons. The summed E-state index contributed by atoms with van der Waals surface area (Å²) >= 11 is 6.19. The molecule has 0 unspecified atom stereocenters. The van der Waals surface area contributed by atoms with E-state index in [-0.39, 0.29) is 11.8 Å². The van der Waals surface area contributed by atoms with Gasteiger partial charge in [-0.1, -0.05) is 54.1 Å². The highest BCUT2D eigenvalue weighted by molar-refractivity contribution is 6.31. The molecule has 4 rings (SSSR count).